The first-order chi connectivity index (χ1) is 8.61. The zero-order valence-electron chi connectivity index (χ0n) is 9.58. The van der Waals surface area contributed by atoms with Crippen LogP contribution in [0.5, 0.6) is 0 Å². The number of hydrogen-bond acceptors (Lipinski definition) is 5. The Labute approximate surface area is 109 Å². The van der Waals surface area contributed by atoms with Crippen LogP contribution in [0.15, 0.2) is 45.5 Å². The molecule has 4 nitrogen and oxygen atoms in total. The fourth-order valence-corrected chi connectivity index (χ4v) is 4.32. The normalized spacial score (nSPS) is 11.2. The van der Waals surface area contributed by atoms with Crippen molar-refractivity contribution in [3.8, 4) is 0 Å². The molecule has 6 heteroatoms. The van der Waals surface area contributed by atoms with Crippen LogP contribution < -0.4 is 5.32 Å². The molecule has 0 aliphatic heterocycles. The zero-order chi connectivity index (χ0) is 13.2. The second kappa shape index (κ2) is 4.91. The van der Waals surface area contributed by atoms with Crippen LogP contribution in [0.3, 0.4) is 0 Å². The molecule has 1 aromatic carbocycles. The van der Waals surface area contributed by atoms with E-state index in [2.05, 4.69) is 5.32 Å². The zero-order valence-corrected chi connectivity index (χ0v) is 11.2. The van der Waals surface area contributed by atoms with Crippen LogP contribution in [-0.4, -0.2) is 21.8 Å². The van der Waals surface area contributed by atoms with Crippen molar-refractivity contribution < 1.29 is 13.2 Å². The van der Waals surface area contributed by atoms with Crippen LogP contribution in [0.25, 0.3) is 0 Å². The number of nitrogens with one attached hydrogen (secondary N) is 1. The summed E-state index contributed by atoms with van der Waals surface area (Å²) in [6, 6.07) is 8.15. The third kappa shape index (κ3) is 2.04. The van der Waals surface area contributed by atoms with Gasteiger partial charge in [-0.2, -0.15) is 0 Å². The van der Waals surface area contributed by atoms with Crippen LogP contribution in [0, 0.1) is 0 Å². The van der Waals surface area contributed by atoms with Crippen LogP contribution in [-0.2, 0) is 9.84 Å². The maximum absolute atomic E-state index is 12.4. The largest absolute Gasteiger partial charge is 0.386 e. The lowest BCUT2D eigenvalue weighted by Gasteiger charge is -2.06. The third-order valence-electron chi connectivity index (χ3n) is 2.49. The first-order valence-electron chi connectivity index (χ1n) is 5.16. The van der Waals surface area contributed by atoms with Gasteiger partial charge in [0, 0.05) is 12.4 Å². The summed E-state index contributed by atoms with van der Waals surface area (Å²) in [4.78, 5) is 11.6. The molecule has 0 bridgehead atoms. The first-order valence-corrected chi connectivity index (χ1v) is 7.52. The van der Waals surface area contributed by atoms with Gasteiger partial charge in [0.25, 0.3) is 0 Å². The molecule has 0 radical (unpaired) electrons. The summed E-state index contributed by atoms with van der Waals surface area (Å²) in [5.74, 6) is 0. The fourth-order valence-electron chi connectivity index (χ4n) is 1.61. The summed E-state index contributed by atoms with van der Waals surface area (Å²) in [5.41, 5.74) is 0.360. The van der Waals surface area contributed by atoms with Crippen molar-refractivity contribution in [2.24, 2.45) is 0 Å². The third-order valence-corrected chi connectivity index (χ3v) is 5.34. The van der Waals surface area contributed by atoms with Gasteiger partial charge in [0.05, 0.1) is 15.5 Å². The van der Waals surface area contributed by atoms with Crippen molar-refractivity contribution in [2.75, 3.05) is 12.4 Å². The molecule has 1 heterocycles. The monoisotopic (exact) mass is 281 g/mol. The number of aldehydes is 1. The molecule has 94 valence electrons. The molecular weight excluding hydrogens is 270 g/mol. The number of thiophene rings is 1. The Hall–Kier alpha value is -1.66. The van der Waals surface area contributed by atoms with Gasteiger partial charge in [0.1, 0.15) is 4.90 Å². The maximum Gasteiger partial charge on any atom is 0.209 e. The van der Waals surface area contributed by atoms with Gasteiger partial charge in [0.15, 0.2) is 6.29 Å². The Kier molecular flexibility index (Phi) is 3.49. The lowest BCUT2D eigenvalue weighted by atomic mass is 10.4. The molecule has 2 rings (SSSR count). The second-order valence-electron chi connectivity index (χ2n) is 3.52. The summed E-state index contributed by atoms with van der Waals surface area (Å²) < 4.78 is 24.8. The number of rotatable bonds is 4. The van der Waals surface area contributed by atoms with Crippen molar-refractivity contribution in [2.45, 2.75) is 9.79 Å². The average molecular weight is 281 g/mol. The highest BCUT2D eigenvalue weighted by atomic mass is 32.2. The van der Waals surface area contributed by atoms with Gasteiger partial charge in [-0.25, -0.2) is 8.42 Å². The second-order valence-corrected chi connectivity index (χ2v) is 6.35. The quantitative estimate of drug-likeness (QED) is 0.874. The number of sulfone groups is 1. The van der Waals surface area contributed by atoms with E-state index in [1.54, 1.807) is 25.2 Å². The smallest absolute Gasteiger partial charge is 0.209 e. The Balaban J connectivity index is 2.62. The van der Waals surface area contributed by atoms with Gasteiger partial charge in [-0.15, -0.1) is 11.3 Å². The molecule has 0 saturated heterocycles. The summed E-state index contributed by atoms with van der Waals surface area (Å²) in [7, 11) is -1.99. The van der Waals surface area contributed by atoms with E-state index < -0.39 is 9.84 Å². The Bertz CT molecular complexity index is 660. The molecule has 1 N–H and O–H groups in total. The van der Waals surface area contributed by atoms with E-state index in [1.807, 2.05) is 0 Å². The Morgan fingerprint density at radius 2 is 1.89 bits per heavy atom. The highest BCUT2D eigenvalue weighted by Crippen LogP contribution is 2.34. The van der Waals surface area contributed by atoms with E-state index in [0.717, 1.165) is 11.3 Å². The minimum absolute atomic E-state index is 0.142. The average Bonchev–Trinajstić information content (AvgIpc) is 2.83. The van der Waals surface area contributed by atoms with Crippen molar-refractivity contribution in [1.29, 1.82) is 0 Å². The van der Waals surface area contributed by atoms with Crippen molar-refractivity contribution in [1.82, 2.24) is 0 Å². The highest BCUT2D eigenvalue weighted by Gasteiger charge is 2.24. The lowest BCUT2D eigenvalue weighted by Crippen LogP contribution is -2.04. The molecule has 1 aromatic heterocycles. The SMILES string of the molecule is CNc1c(S(=O)(=O)c2ccccc2)csc1C=O. The molecule has 0 spiro atoms. The molecule has 18 heavy (non-hydrogen) atoms. The molecule has 0 aliphatic rings. The van der Waals surface area contributed by atoms with Crippen molar-refractivity contribution in [3.05, 3.63) is 40.6 Å². The van der Waals surface area contributed by atoms with Gasteiger partial charge in [-0.3, -0.25) is 4.79 Å². The van der Waals surface area contributed by atoms with E-state index in [-0.39, 0.29) is 9.79 Å². The van der Waals surface area contributed by atoms with Crippen molar-refractivity contribution in [3.63, 3.8) is 0 Å². The molecule has 0 saturated carbocycles. The molecule has 2 aromatic rings. The lowest BCUT2D eigenvalue weighted by molar-refractivity contribution is 0.112. The van der Waals surface area contributed by atoms with Gasteiger partial charge in [0.2, 0.25) is 9.84 Å². The molecule has 0 fully saturated rings. The standard InChI is InChI=1S/C12H11NO3S2/c1-13-12-10(7-14)17-8-11(12)18(15,16)9-5-3-2-4-6-9/h2-8,13H,1H3. The molecule has 0 aliphatic carbocycles. The van der Waals surface area contributed by atoms with E-state index >= 15 is 0 Å². The summed E-state index contributed by atoms with van der Waals surface area (Å²) in [5, 5.41) is 4.26. The molecule has 0 atom stereocenters. The minimum atomic E-state index is -3.58. The summed E-state index contributed by atoms with van der Waals surface area (Å²) in [6.45, 7) is 0. The highest BCUT2D eigenvalue weighted by molar-refractivity contribution is 7.91. The van der Waals surface area contributed by atoms with E-state index in [4.69, 9.17) is 0 Å². The predicted octanol–water partition coefficient (Wildman–Crippen LogP) is 2.44. The number of hydrogen-bond donors (Lipinski definition) is 1. The van der Waals surface area contributed by atoms with Gasteiger partial charge < -0.3 is 5.32 Å². The van der Waals surface area contributed by atoms with Crippen molar-refractivity contribution >= 4 is 33.1 Å². The van der Waals surface area contributed by atoms with Crippen LogP contribution in [0.4, 0.5) is 5.69 Å². The molecule has 0 unspecified atom stereocenters. The topological polar surface area (TPSA) is 63.2 Å². The van der Waals surface area contributed by atoms with Crippen LogP contribution in [0.1, 0.15) is 9.67 Å². The van der Waals surface area contributed by atoms with Crippen LogP contribution in [0.2, 0.25) is 0 Å². The van der Waals surface area contributed by atoms with Gasteiger partial charge in [-0.1, -0.05) is 18.2 Å². The predicted molar refractivity (Wildman–Crippen MR) is 71.1 cm³/mol. The Morgan fingerprint density at radius 3 is 2.44 bits per heavy atom. The first kappa shape index (κ1) is 12.8. The van der Waals surface area contributed by atoms with E-state index in [0.29, 0.717) is 16.9 Å². The van der Waals surface area contributed by atoms with E-state index in [1.165, 1.54) is 17.5 Å². The summed E-state index contributed by atoms with van der Waals surface area (Å²) >= 11 is 1.11. The molecular formula is C12H11NO3S2. The van der Waals surface area contributed by atoms with E-state index in [9.17, 15) is 13.2 Å². The molecule has 0 amide bonds. The number of carbonyl (C=O) groups excluding carboxylic acids is 1. The number of carbonyl (C=O) groups is 1. The Morgan fingerprint density at radius 1 is 1.22 bits per heavy atom. The number of benzene rings is 1. The maximum atomic E-state index is 12.4. The number of anilines is 1. The minimum Gasteiger partial charge on any atom is -0.386 e. The fraction of sp³-hybridized carbons (Fsp3) is 0.0833. The summed E-state index contributed by atoms with van der Waals surface area (Å²) in [6.07, 6.45) is 0.653. The van der Waals surface area contributed by atoms with Gasteiger partial charge in [-0.05, 0) is 12.1 Å². The van der Waals surface area contributed by atoms with Crippen LogP contribution >= 0.6 is 11.3 Å². The van der Waals surface area contributed by atoms with Gasteiger partial charge >= 0.3 is 0 Å².